The van der Waals surface area contributed by atoms with Crippen LogP contribution in [0.1, 0.15) is 90.6 Å². The summed E-state index contributed by atoms with van der Waals surface area (Å²) < 4.78 is 73.6. The molecule has 4 heterocycles. The number of halogens is 1. The van der Waals surface area contributed by atoms with Gasteiger partial charge in [0.05, 0.1) is 84.9 Å². The lowest BCUT2D eigenvalue weighted by Crippen LogP contribution is -2.65. The first-order valence-electron chi connectivity index (χ1n) is 28.9. The lowest BCUT2D eigenvalue weighted by Gasteiger charge is -2.49. The van der Waals surface area contributed by atoms with Gasteiger partial charge in [0.1, 0.15) is 42.9 Å². The standard InChI is InChI=1S/C60H86IN3O21S4/c1-16-64(59(7,8)9)36-29-78-40(28-39(36)73-10)83-52-47(68)45(32(4)80-57(52)82-38-21-19-17-18-20-23-60(72,24-25-65)35(22-26-87-89-86-15)43(38)31(3)62-58(71)77-14)63-85-41-27-37(66)54(34(6)79-41)88-55(70)42-30(2)44(61)50(53(76-13)49(42)74-11)84-56-48(69)51(75-12)46(67)33(5)81-56/h17-18,22,25,32-34,36-41,45-48,51-52,54,56-57,63,66-69,72H,16,24,26-29H2,1-15H3,(H,62,71)/b18-17-,35-22+,43-31-/t32-,33+,34-,36+,37+,38+,39+,40+,41+,45-,46+,47+,48-,51-,52-,54-,56+,57+,60+/m1/s1. The van der Waals surface area contributed by atoms with Crippen LogP contribution in [0.2, 0.25) is 0 Å². The highest BCUT2D eigenvalue weighted by atomic mass is 127. The average Bonchev–Trinajstić information content (AvgIpc) is 1.14. The van der Waals surface area contributed by atoms with Gasteiger partial charge in [-0.05, 0) is 118 Å². The zero-order valence-corrected chi connectivity index (χ0v) is 58.1. The van der Waals surface area contributed by atoms with Crippen LogP contribution in [0.15, 0.2) is 35.1 Å². The molecule has 1 aliphatic carbocycles. The number of ether oxygens (including phenoxy) is 12. The van der Waals surface area contributed by atoms with Crippen LogP contribution in [-0.4, -0.2) is 229 Å². The third kappa shape index (κ3) is 18.3. The number of carbonyl (C=O) groups excluding carboxylic acids is 3. The van der Waals surface area contributed by atoms with E-state index < -0.39 is 121 Å². The van der Waals surface area contributed by atoms with Gasteiger partial charge in [-0.3, -0.25) is 19.8 Å². The molecule has 6 rings (SSSR count). The summed E-state index contributed by atoms with van der Waals surface area (Å²) in [6.07, 6.45) is -11.1. The summed E-state index contributed by atoms with van der Waals surface area (Å²) in [5, 5.41) is 60.0. The molecule has 19 atom stereocenters. The number of hydrogen-bond acceptors (Lipinski definition) is 27. The molecule has 1 aromatic carbocycles. The summed E-state index contributed by atoms with van der Waals surface area (Å²) in [5.74, 6) is 12.1. The van der Waals surface area contributed by atoms with E-state index in [-0.39, 0.29) is 76.8 Å². The molecule has 7 N–H and O–H groups in total. The van der Waals surface area contributed by atoms with E-state index in [0.717, 1.165) is 11.8 Å². The number of aliphatic hydroxyl groups excluding tert-OH is 4. The van der Waals surface area contributed by atoms with E-state index in [4.69, 9.17) is 61.7 Å². The number of nitrogens with zero attached hydrogens (tertiary/aromatic N) is 1. The quantitative estimate of drug-likeness (QED) is 0.0172. The van der Waals surface area contributed by atoms with Crippen molar-refractivity contribution in [1.29, 1.82) is 0 Å². The molecule has 29 heteroatoms. The third-order valence-electron chi connectivity index (χ3n) is 15.8. The molecule has 4 saturated heterocycles. The summed E-state index contributed by atoms with van der Waals surface area (Å²) >= 11 is 2.83. The first-order valence-corrected chi connectivity index (χ1v) is 34.9. The first-order chi connectivity index (χ1) is 42.3. The maximum atomic E-state index is 14.5. The van der Waals surface area contributed by atoms with E-state index in [1.807, 2.05) is 28.8 Å². The largest absolute Gasteiger partial charge is 0.492 e. The van der Waals surface area contributed by atoms with Gasteiger partial charge in [-0.25, -0.2) is 4.79 Å². The van der Waals surface area contributed by atoms with Crippen molar-refractivity contribution in [3.05, 3.63) is 49.8 Å². The fourth-order valence-electron chi connectivity index (χ4n) is 11.3. The maximum absolute atomic E-state index is 14.5. The van der Waals surface area contributed by atoms with Gasteiger partial charge in [-0.2, -0.15) is 5.48 Å². The molecule has 24 nitrogen and oxygen atoms in total. The number of rotatable bonds is 24. The van der Waals surface area contributed by atoms with Crippen LogP contribution in [0.3, 0.4) is 0 Å². The second-order valence-corrected chi connectivity index (χ2v) is 29.1. The van der Waals surface area contributed by atoms with Gasteiger partial charge >= 0.3 is 6.09 Å². The molecule has 4 fully saturated rings. The van der Waals surface area contributed by atoms with E-state index in [2.05, 4.69) is 67.1 Å². The summed E-state index contributed by atoms with van der Waals surface area (Å²) in [6, 6.07) is -1.26. The number of hydroxylamine groups is 1. The van der Waals surface area contributed by atoms with Crippen LogP contribution < -0.4 is 25.0 Å². The highest BCUT2D eigenvalue weighted by Gasteiger charge is 2.51. The minimum Gasteiger partial charge on any atom is -0.492 e. The Morgan fingerprint density at radius 3 is 2.20 bits per heavy atom. The lowest BCUT2D eigenvalue weighted by atomic mass is 9.82. The molecule has 1 amide bonds. The third-order valence-corrected chi connectivity index (χ3v) is 22.2. The van der Waals surface area contributed by atoms with Crippen molar-refractivity contribution in [2.75, 3.05) is 60.7 Å². The summed E-state index contributed by atoms with van der Waals surface area (Å²) in [5.41, 5.74) is 1.49. The van der Waals surface area contributed by atoms with Gasteiger partial charge in [-0.15, -0.1) is 0 Å². The molecular weight excluding hydrogens is 1350 g/mol. The minimum absolute atomic E-state index is 0.0274. The summed E-state index contributed by atoms with van der Waals surface area (Å²) in [7, 11) is 11.3. The number of hydrogen-bond donors (Lipinski definition) is 7. The number of amides is 1. The Kier molecular flexibility index (Phi) is 29.1. The number of aldehydes is 1. The minimum atomic E-state index is -2.13. The Hall–Kier alpha value is -2.94. The Bertz CT molecular complexity index is 2800. The van der Waals surface area contributed by atoms with Crippen molar-refractivity contribution >= 4 is 83.3 Å². The van der Waals surface area contributed by atoms with Gasteiger partial charge in [0.2, 0.25) is 17.2 Å². The molecule has 1 aromatic rings. The van der Waals surface area contributed by atoms with Crippen LogP contribution in [0.4, 0.5) is 4.79 Å². The Balaban J connectivity index is 1.28. The molecular formula is C60H86IN3O21S4. The zero-order chi connectivity index (χ0) is 65.7. The molecule has 0 aromatic heterocycles. The van der Waals surface area contributed by atoms with E-state index in [1.165, 1.54) is 72.0 Å². The fourth-order valence-corrected chi connectivity index (χ4v) is 15.5. The predicted octanol–water partition coefficient (Wildman–Crippen LogP) is 5.34. The fraction of sp³-hybridized carbons (Fsp3) is 0.683. The van der Waals surface area contributed by atoms with Gasteiger partial charge in [0, 0.05) is 61.6 Å². The van der Waals surface area contributed by atoms with Crippen molar-refractivity contribution in [1.82, 2.24) is 15.7 Å². The van der Waals surface area contributed by atoms with Crippen LogP contribution in [0.25, 0.3) is 0 Å². The topological polar surface area (TPSA) is 300 Å². The number of allylic oxidation sites excluding steroid dienone is 3. The van der Waals surface area contributed by atoms with Crippen molar-refractivity contribution in [2.45, 2.75) is 202 Å². The molecule has 0 unspecified atom stereocenters. The zero-order valence-electron chi connectivity index (χ0n) is 52.7. The molecule has 89 heavy (non-hydrogen) atoms. The van der Waals surface area contributed by atoms with Crippen molar-refractivity contribution in [2.24, 2.45) is 0 Å². The number of thioether (sulfide) groups is 1. The molecule has 0 radical (unpaired) electrons. The predicted molar refractivity (Wildman–Crippen MR) is 345 cm³/mol. The van der Waals surface area contributed by atoms with Crippen LogP contribution >= 0.6 is 65.8 Å². The van der Waals surface area contributed by atoms with Crippen molar-refractivity contribution in [3.8, 4) is 40.9 Å². The lowest BCUT2D eigenvalue weighted by molar-refractivity contribution is -0.338. The Morgan fingerprint density at radius 2 is 1.58 bits per heavy atom. The smallest absolute Gasteiger partial charge is 0.411 e. The van der Waals surface area contributed by atoms with Gasteiger partial charge in [-0.1, -0.05) is 70.0 Å². The SMILES string of the molecule is CCN([C@H]1CO[C@@H](O[C@H]2[C@H](O[C@H]3C#C/C=C\C#C[C@](O)(CC=O)C(=C/CSSSC)/C3=C(\C)NC(=O)OC)O[C@H](C)[C@@H](NO[C@H]3C[C@H](O)[C@H](SC(=O)c4c(C)c(I)c(O[C@@H]5O[C@@H](C)[C@H](O)[C@@H](OC)[C@H]5O)c(OC)c4OC)[C@@H](C)O3)[C@@H]2O)C[C@@H]1OC)C(C)(C)C. The Morgan fingerprint density at radius 1 is 0.888 bits per heavy atom. The highest BCUT2D eigenvalue weighted by Crippen LogP contribution is 2.49. The molecule has 0 spiro atoms. The van der Waals surface area contributed by atoms with Gasteiger partial charge in [0.25, 0.3) is 0 Å². The number of methoxy groups -OCH3 is 5. The number of likely N-dealkylation sites (N-methyl/N-ethyl adjacent to an activating group) is 1. The number of nitrogens with one attached hydrogen (secondary N) is 2. The van der Waals surface area contributed by atoms with Crippen LogP contribution in [0, 0.1) is 34.2 Å². The van der Waals surface area contributed by atoms with Gasteiger partial charge in [0.15, 0.2) is 36.0 Å². The van der Waals surface area contributed by atoms with Crippen LogP contribution in [0.5, 0.6) is 17.2 Å². The highest BCUT2D eigenvalue weighted by molar-refractivity contribution is 14.1. The van der Waals surface area contributed by atoms with Crippen LogP contribution in [-0.2, 0) is 52.3 Å². The first kappa shape index (κ1) is 75.1. The molecule has 0 bridgehead atoms. The number of benzene rings is 1. The molecule has 4 aliphatic heterocycles. The summed E-state index contributed by atoms with van der Waals surface area (Å²) in [4.78, 5) is 48.3. The number of carbonyl (C=O) groups is 3. The van der Waals surface area contributed by atoms with E-state index in [1.54, 1.807) is 47.8 Å². The number of aliphatic hydroxyl groups is 5. The van der Waals surface area contributed by atoms with E-state index >= 15 is 0 Å². The second-order valence-electron chi connectivity index (χ2n) is 22.5. The molecule has 498 valence electrons. The Labute approximate surface area is 550 Å². The van der Waals surface area contributed by atoms with Crippen molar-refractivity contribution in [3.63, 3.8) is 0 Å². The van der Waals surface area contributed by atoms with E-state index in [0.29, 0.717) is 27.7 Å². The monoisotopic (exact) mass is 1440 g/mol. The van der Waals surface area contributed by atoms with Gasteiger partial charge < -0.3 is 87.2 Å². The molecule has 5 aliphatic rings. The second kappa shape index (κ2) is 34.5. The van der Waals surface area contributed by atoms with Crippen molar-refractivity contribution < 1.29 is 102 Å². The normalized spacial score (nSPS) is 34.7. The number of alkyl carbamates (subject to hydrolysis) is 1. The maximum Gasteiger partial charge on any atom is 0.411 e. The molecule has 0 saturated carbocycles. The van der Waals surface area contributed by atoms with E-state index in [9.17, 15) is 39.9 Å². The summed E-state index contributed by atoms with van der Waals surface area (Å²) in [6.45, 7) is 17.5. The average molecular weight is 1440 g/mol.